The van der Waals surface area contributed by atoms with Crippen molar-refractivity contribution in [2.75, 3.05) is 39.4 Å². The number of hydrogen-bond acceptors (Lipinski definition) is 9. The number of halogens is 2. The SMILES string of the molecule is C=CCO[C@@]12Oc3ccc(O)cc3[C@H]3[C@H](CCCCO)[C@@H](CCCCO)C=C(C(=NOC)C[C@@H]1N(Cc1ccc(F)cc1)C(=O)OCCCl)[C@H]32. The lowest BCUT2D eigenvalue weighted by molar-refractivity contribution is -0.256. The maximum absolute atomic E-state index is 14.1. The molecule has 3 aliphatic rings. The van der Waals surface area contributed by atoms with Gasteiger partial charge in [-0.2, -0.15) is 0 Å². The van der Waals surface area contributed by atoms with Crippen LogP contribution < -0.4 is 4.74 Å². The number of phenolic OH excluding ortho intramolecular Hbond substituents is 1. The zero-order valence-corrected chi connectivity index (χ0v) is 29.3. The van der Waals surface area contributed by atoms with Gasteiger partial charge in [0.2, 0.25) is 5.79 Å². The Morgan fingerprint density at radius 2 is 1.88 bits per heavy atom. The lowest BCUT2D eigenvalue weighted by atomic mass is 9.55. The highest BCUT2D eigenvalue weighted by atomic mass is 35.5. The lowest BCUT2D eigenvalue weighted by Gasteiger charge is -2.59. The molecule has 1 saturated carbocycles. The summed E-state index contributed by atoms with van der Waals surface area (Å²) in [4.78, 5) is 21.1. The van der Waals surface area contributed by atoms with Gasteiger partial charge in [-0.3, -0.25) is 4.90 Å². The highest BCUT2D eigenvalue weighted by Crippen LogP contribution is 2.62. The Kier molecular flexibility index (Phi) is 13.2. The van der Waals surface area contributed by atoms with Gasteiger partial charge in [0.15, 0.2) is 0 Å². The number of allylic oxidation sites excluding steroid dienone is 1. The monoisotopic (exact) mass is 714 g/mol. The van der Waals surface area contributed by atoms with Gasteiger partial charge in [0.25, 0.3) is 0 Å². The quantitative estimate of drug-likeness (QED) is 0.0717. The number of aromatic hydroxyl groups is 1. The van der Waals surface area contributed by atoms with E-state index in [1.807, 2.05) is 0 Å². The van der Waals surface area contributed by atoms with E-state index < -0.39 is 29.7 Å². The molecule has 0 bridgehead atoms. The van der Waals surface area contributed by atoms with Crippen molar-refractivity contribution in [1.29, 1.82) is 0 Å². The van der Waals surface area contributed by atoms with Gasteiger partial charge in [-0.15, -0.1) is 18.2 Å². The van der Waals surface area contributed by atoms with Gasteiger partial charge in [-0.1, -0.05) is 42.3 Å². The molecule has 5 rings (SSSR count). The standard InChI is InChI=1S/C38H48ClFN2O8/c1-3-19-49-38-34(42(37(46)48-20-16-39)24-25-10-12-27(40)13-11-25)23-32(41-47-2)30-21-26(8-4-6-17-43)29(9-5-7-18-44)35(36(30)38)31-22-28(45)14-15-33(31)50-38/h3,10-15,21-22,26,29,34-36,43-45H,1,4-9,16-20,23-24H2,2H3/t26-,29+,34-,35+,36+,38+/m0/s1. The van der Waals surface area contributed by atoms with Crippen LogP contribution in [0.2, 0.25) is 0 Å². The molecular formula is C38H48ClFN2O8. The smallest absolute Gasteiger partial charge is 0.410 e. The molecule has 1 amide bonds. The van der Waals surface area contributed by atoms with Gasteiger partial charge >= 0.3 is 6.09 Å². The molecule has 50 heavy (non-hydrogen) atoms. The van der Waals surface area contributed by atoms with Gasteiger partial charge < -0.3 is 34.4 Å². The summed E-state index contributed by atoms with van der Waals surface area (Å²) in [5, 5.41) is 34.7. The van der Waals surface area contributed by atoms with E-state index in [9.17, 15) is 24.5 Å². The van der Waals surface area contributed by atoms with Crippen LogP contribution in [0, 0.1) is 23.6 Å². The van der Waals surface area contributed by atoms with Crippen LogP contribution in [0.15, 0.2) is 71.9 Å². The summed E-state index contributed by atoms with van der Waals surface area (Å²) >= 11 is 5.95. The van der Waals surface area contributed by atoms with E-state index in [4.69, 9.17) is 30.6 Å². The third-order valence-electron chi connectivity index (χ3n) is 10.0. The Hall–Kier alpha value is -3.64. The first-order chi connectivity index (χ1) is 24.3. The van der Waals surface area contributed by atoms with Crippen LogP contribution in [0.25, 0.3) is 0 Å². The van der Waals surface area contributed by atoms with Crippen molar-refractivity contribution < 1.29 is 43.6 Å². The molecule has 0 unspecified atom stereocenters. The number of ether oxygens (including phenoxy) is 3. The second kappa shape index (κ2) is 17.5. The molecule has 6 atom stereocenters. The van der Waals surface area contributed by atoms with Crippen LogP contribution in [-0.4, -0.2) is 83.3 Å². The first kappa shape index (κ1) is 37.6. The summed E-state index contributed by atoms with van der Waals surface area (Å²) in [6.07, 6.45) is 7.81. The van der Waals surface area contributed by atoms with Crippen LogP contribution in [0.1, 0.15) is 62.0 Å². The summed E-state index contributed by atoms with van der Waals surface area (Å²) in [5.41, 5.74) is 2.96. The van der Waals surface area contributed by atoms with Crippen LogP contribution in [0.3, 0.4) is 0 Å². The Labute approximate surface area is 298 Å². The average molecular weight is 715 g/mol. The number of oxime groups is 1. The Bertz CT molecular complexity index is 1520. The van der Waals surface area contributed by atoms with E-state index in [2.05, 4.69) is 17.8 Å². The topological polar surface area (TPSA) is 130 Å². The molecular weight excluding hydrogens is 667 g/mol. The minimum absolute atomic E-state index is 0.0152. The predicted octanol–water partition coefficient (Wildman–Crippen LogP) is 6.67. The van der Waals surface area contributed by atoms with Crippen LogP contribution in [-0.2, 0) is 20.9 Å². The van der Waals surface area contributed by atoms with E-state index in [1.165, 1.54) is 19.2 Å². The molecule has 2 aliphatic carbocycles. The van der Waals surface area contributed by atoms with E-state index in [0.29, 0.717) is 29.9 Å². The van der Waals surface area contributed by atoms with Crippen molar-refractivity contribution in [3.8, 4) is 11.5 Å². The van der Waals surface area contributed by atoms with Crippen LogP contribution in [0.4, 0.5) is 9.18 Å². The van der Waals surface area contributed by atoms with Crippen molar-refractivity contribution in [3.63, 3.8) is 0 Å². The first-order valence-corrected chi connectivity index (χ1v) is 17.9. The molecule has 2 aromatic rings. The largest absolute Gasteiger partial charge is 0.508 e. The molecule has 0 aromatic heterocycles. The number of fused-ring (bicyclic) bond motifs is 2. The van der Waals surface area contributed by atoms with Crippen molar-refractivity contribution in [2.24, 2.45) is 22.9 Å². The number of unbranched alkanes of at least 4 members (excludes halogenated alkanes) is 2. The molecule has 0 spiro atoms. The number of hydrogen-bond donors (Lipinski definition) is 3. The van der Waals surface area contributed by atoms with Gasteiger partial charge in [-0.25, -0.2) is 9.18 Å². The molecule has 1 heterocycles. The van der Waals surface area contributed by atoms with Crippen molar-refractivity contribution in [2.45, 2.75) is 69.2 Å². The number of rotatable bonds is 17. The Balaban J connectivity index is 1.76. The number of phenols is 1. The maximum Gasteiger partial charge on any atom is 0.410 e. The molecule has 272 valence electrons. The maximum atomic E-state index is 14.1. The number of aliphatic hydroxyl groups is 2. The second-order valence-corrected chi connectivity index (χ2v) is 13.4. The first-order valence-electron chi connectivity index (χ1n) is 17.4. The van der Waals surface area contributed by atoms with E-state index in [1.54, 1.807) is 41.3 Å². The average Bonchev–Trinajstić information content (AvgIpc) is 3.11. The highest BCUT2D eigenvalue weighted by Gasteiger charge is 2.65. The summed E-state index contributed by atoms with van der Waals surface area (Å²) in [6.45, 7) is 4.18. The highest BCUT2D eigenvalue weighted by molar-refractivity contribution is 6.18. The fourth-order valence-corrected chi connectivity index (χ4v) is 8.14. The van der Waals surface area contributed by atoms with Gasteiger partial charge in [0.05, 0.1) is 24.1 Å². The second-order valence-electron chi connectivity index (χ2n) is 13.0. The minimum atomic E-state index is -1.49. The molecule has 3 N–H and O–H groups in total. The van der Waals surface area contributed by atoms with Crippen LogP contribution in [0.5, 0.6) is 11.5 Å². The van der Waals surface area contributed by atoms with Crippen LogP contribution >= 0.6 is 11.6 Å². The molecule has 10 nitrogen and oxygen atoms in total. The minimum Gasteiger partial charge on any atom is -0.508 e. The fraction of sp³-hybridized carbons (Fsp3) is 0.526. The molecule has 1 aliphatic heterocycles. The summed E-state index contributed by atoms with van der Waals surface area (Å²) in [6, 6.07) is 10.1. The third-order valence-corrected chi connectivity index (χ3v) is 10.2. The van der Waals surface area contributed by atoms with E-state index in [-0.39, 0.29) is 68.8 Å². The summed E-state index contributed by atoms with van der Waals surface area (Å²) < 4.78 is 33.5. The number of aliphatic hydroxyl groups excluding tert-OH is 2. The Morgan fingerprint density at radius 1 is 1.14 bits per heavy atom. The van der Waals surface area contributed by atoms with Gasteiger partial charge in [-0.05, 0) is 79.0 Å². The van der Waals surface area contributed by atoms with Crippen molar-refractivity contribution in [3.05, 3.63) is 83.7 Å². The molecule has 0 saturated heterocycles. The van der Waals surface area contributed by atoms with E-state index in [0.717, 1.165) is 36.8 Å². The van der Waals surface area contributed by atoms with Crippen molar-refractivity contribution >= 4 is 23.4 Å². The number of alkyl halides is 1. The van der Waals surface area contributed by atoms with E-state index >= 15 is 0 Å². The lowest BCUT2D eigenvalue weighted by Crippen LogP contribution is -2.70. The van der Waals surface area contributed by atoms with Gasteiger partial charge in [0, 0.05) is 37.7 Å². The Morgan fingerprint density at radius 3 is 2.56 bits per heavy atom. The summed E-state index contributed by atoms with van der Waals surface area (Å²) in [5.74, 6) is -1.93. The van der Waals surface area contributed by atoms with Gasteiger partial charge in [0.1, 0.15) is 37.1 Å². The number of carbonyl (C=O) groups is 1. The fourth-order valence-electron chi connectivity index (χ4n) is 8.07. The molecule has 2 aromatic carbocycles. The number of benzene rings is 2. The number of amides is 1. The normalized spacial score (nSPS) is 25.9. The predicted molar refractivity (Wildman–Crippen MR) is 188 cm³/mol. The molecule has 1 fully saturated rings. The summed E-state index contributed by atoms with van der Waals surface area (Å²) in [7, 11) is 1.48. The van der Waals surface area contributed by atoms with Crippen molar-refractivity contribution in [1.82, 2.24) is 4.90 Å². The number of carbonyl (C=O) groups excluding carboxylic acids is 1. The molecule has 0 radical (unpaired) electrons. The third kappa shape index (κ3) is 7.96. The zero-order valence-electron chi connectivity index (χ0n) is 28.5. The zero-order chi connectivity index (χ0) is 35.7. The number of nitrogens with zero attached hydrogens (tertiary/aromatic N) is 2. The molecule has 12 heteroatoms.